The maximum atomic E-state index is 14.8. The van der Waals surface area contributed by atoms with Gasteiger partial charge in [0.2, 0.25) is 11.7 Å². The maximum absolute atomic E-state index is 14.8. The summed E-state index contributed by atoms with van der Waals surface area (Å²) in [7, 11) is 1.27. The van der Waals surface area contributed by atoms with Gasteiger partial charge >= 0.3 is 0 Å². The molecule has 1 fully saturated rings. The largest absolute Gasteiger partial charge is 0.494 e. The van der Waals surface area contributed by atoms with Crippen molar-refractivity contribution in [2.24, 2.45) is 11.7 Å². The van der Waals surface area contributed by atoms with Crippen molar-refractivity contribution in [1.29, 1.82) is 0 Å². The van der Waals surface area contributed by atoms with Crippen LogP contribution in [0.4, 0.5) is 20.3 Å². The molecule has 12 heteroatoms. The van der Waals surface area contributed by atoms with Crippen LogP contribution in [0.3, 0.4) is 0 Å². The molecular formula is C28H29F2N7O3. The molecule has 0 bridgehead atoms. The number of methoxy groups -OCH3 is 1. The molecule has 2 aromatic carbocycles. The van der Waals surface area contributed by atoms with Crippen molar-refractivity contribution in [2.75, 3.05) is 38.6 Å². The number of fused-ring (bicyclic) bond motifs is 1. The molecule has 4 aromatic rings. The molecule has 0 atom stereocenters. The van der Waals surface area contributed by atoms with Crippen molar-refractivity contribution < 1.29 is 23.1 Å². The van der Waals surface area contributed by atoms with Gasteiger partial charge < -0.3 is 26.0 Å². The number of benzene rings is 2. The Morgan fingerprint density at radius 2 is 1.95 bits per heavy atom. The number of carbonyl (C=O) groups is 2. The van der Waals surface area contributed by atoms with Crippen LogP contribution in [0.2, 0.25) is 0 Å². The second kappa shape index (κ2) is 11.3. The monoisotopic (exact) mass is 549 g/mol. The van der Waals surface area contributed by atoms with Gasteiger partial charge in [0.1, 0.15) is 0 Å². The number of ether oxygens (including phenoxy) is 1. The minimum Gasteiger partial charge on any atom is -0.494 e. The third-order valence-corrected chi connectivity index (χ3v) is 7.00. The maximum Gasteiger partial charge on any atom is 0.251 e. The van der Waals surface area contributed by atoms with E-state index in [-0.39, 0.29) is 35.6 Å². The number of aryl methyl sites for hydroxylation is 1. The van der Waals surface area contributed by atoms with Gasteiger partial charge in [0.05, 0.1) is 25.5 Å². The van der Waals surface area contributed by atoms with Crippen LogP contribution in [-0.2, 0) is 11.2 Å². The number of carbonyl (C=O) groups excluding carboxylic acids is 2. The molecule has 1 saturated heterocycles. The molecule has 0 unspecified atom stereocenters. The number of likely N-dealkylation sites (tertiary alicyclic amines) is 1. The molecule has 10 nitrogen and oxygen atoms in total. The number of nitrogens with one attached hydrogen (secondary N) is 2. The third kappa shape index (κ3) is 5.05. The fourth-order valence-corrected chi connectivity index (χ4v) is 4.78. The normalized spacial score (nSPS) is 13.3. The highest BCUT2D eigenvalue weighted by Gasteiger charge is 2.30. The van der Waals surface area contributed by atoms with Gasteiger partial charge in [0.15, 0.2) is 23.0 Å². The van der Waals surface area contributed by atoms with Crippen molar-refractivity contribution in [2.45, 2.75) is 13.3 Å². The lowest BCUT2D eigenvalue weighted by atomic mass is 9.99. The Morgan fingerprint density at radius 3 is 2.67 bits per heavy atom. The number of anilines is 2. The molecular weight excluding hydrogens is 520 g/mol. The SMILES string of the molecule is CCc1cc(Nc2nccn3c(-c4ccc(OC)c(F)c4F)cnc23)ccc1C(=O)NCC1CN(C(=O)CN)C1. The van der Waals surface area contributed by atoms with Crippen LogP contribution in [0.5, 0.6) is 5.75 Å². The molecule has 5 rings (SSSR count). The minimum absolute atomic E-state index is 0.00765. The van der Waals surface area contributed by atoms with Crippen molar-refractivity contribution in [3.05, 3.63) is 71.7 Å². The Balaban J connectivity index is 1.32. The molecule has 208 valence electrons. The van der Waals surface area contributed by atoms with E-state index in [4.69, 9.17) is 10.5 Å². The first-order valence-corrected chi connectivity index (χ1v) is 12.8. The predicted molar refractivity (Wildman–Crippen MR) is 145 cm³/mol. The quantitative estimate of drug-likeness (QED) is 0.293. The molecule has 1 aliphatic heterocycles. The molecule has 2 amide bonds. The van der Waals surface area contributed by atoms with E-state index in [1.165, 1.54) is 31.6 Å². The van der Waals surface area contributed by atoms with E-state index in [0.717, 1.165) is 5.56 Å². The van der Waals surface area contributed by atoms with Crippen LogP contribution in [-0.4, -0.2) is 64.4 Å². The van der Waals surface area contributed by atoms with Crippen molar-refractivity contribution in [3.63, 3.8) is 0 Å². The average Bonchev–Trinajstić information content (AvgIpc) is 3.38. The van der Waals surface area contributed by atoms with E-state index < -0.39 is 11.6 Å². The van der Waals surface area contributed by atoms with Crippen molar-refractivity contribution in [1.82, 2.24) is 24.6 Å². The first kappa shape index (κ1) is 27.0. The highest BCUT2D eigenvalue weighted by Crippen LogP contribution is 2.31. The first-order chi connectivity index (χ1) is 19.3. The molecule has 0 spiro atoms. The Hall–Kier alpha value is -4.58. The van der Waals surface area contributed by atoms with E-state index in [9.17, 15) is 18.4 Å². The summed E-state index contributed by atoms with van der Waals surface area (Å²) in [5, 5.41) is 6.19. The molecule has 4 N–H and O–H groups in total. The summed E-state index contributed by atoms with van der Waals surface area (Å²) >= 11 is 0. The van der Waals surface area contributed by atoms with Gasteiger partial charge in [-0.1, -0.05) is 6.92 Å². The number of nitrogens with zero attached hydrogens (tertiary/aromatic N) is 4. The van der Waals surface area contributed by atoms with Gasteiger partial charge in [0, 0.05) is 54.8 Å². The van der Waals surface area contributed by atoms with Gasteiger partial charge in [-0.2, -0.15) is 4.39 Å². The minimum atomic E-state index is -1.07. The zero-order valence-corrected chi connectivity index (χ0v) is 22.1. The molecule has 0 aliphatic carbocycles. The molecule has 40 heavy (non-hydrogen) atoms. The summed E-state index contributed by atoms with van der Waals surface area (Å²) in [5.74, 6) is -1.95. The molecule has 2 aromatic heterocycles. The molecule has 0 radical (unpaired) electrons. The van der Waals surface area contributed by atoms with Gasteiger partial charge in [-0.05, 0) is 42.3 Å². The van der Waals surface area contributed by atoms with Gasteiger partial charge in [-0.15, -0.1) is 0 Å². The lowest BCUT2D eigenvalue weighted by Gasteiger charge is -2.39. The molecule has 0 saturated carbocycles. The second-order valence-electron chi connectivity index (χ2n) is 9.49. The number of hydrogen-bond donors (Lipinski definition) is 3. The smallest absolute Gasteiger partial charge is 0.251 e. The second-order valence-corrected chi connectivity index (χ2v) is 9.49. The van der Waals surface area contributed by atoms with E-state index in [1.807, 2.05) is 13.0 Å². The van der Waals surface area contributed by atoms with E-state index >= 15 is 0 Å². The highest BCUT2D eigenvalue weighted by molar-refractivity contribution is 5.96. The number of halogens is 2. The zero-order chi connectivity index (χ0) is 28.4. The number of amides is 2. The summed E-state index contributed by atoms with van der Waals surface area (Å²) in [4.78, 5) is 34.9. The van der Waals surface area contributed by atoms with Crippen LogP contribution < -0.4 is 21.1 Å². The van der Waals surface area contributed by atoms with Gasteiger partial charge in [-0.3, -0.25) is 14.0 Å². The number of rotatable bonds is 9. The number of hydrogen-bond acceptors (Lipinski definition) is 7. The predicted octanol–water partition coefficient (Wildman–Crippen LogP) is 3.14. The fourth-order valence-electron chi connectivity index (χ4n) is 4.78. The van der Waals surface area contributed by atoms with Crippen LogP contribution in [0.25, 0.3) is 16.9 Å². The lowest BCUT2D eigenvalue weighted by molar-refractivity contribution is -0.135. The number of nitrogens with two attached hydrogens (primary N) is 1. The number of aromatic nitrogens is 3. The average molecular weight is 550 g/mol. The van der Waals surface area contributed by atoms with Crippen molar-refractivity contribution >= 4 is 29.0 Å². The van der Waals surface area contributed by atoms with Crippen LogP contribution >= 0.6 is 0 Å². The van der Waals surface area contributed by atoms with Gasteiger partial charge in [0.25, 0.3) is 5.91 Å². The van der Waals surface area contributed by atoms with Gasteiger partial charge in [-0.25, -0.2) is 14.4 Å². The highest BCUT2D eigenvalue weighted by atomic mass is 19.2. The van der Waals surface area contributed by atoms with E-state index in [0.29, 0.717) is 54.5 Å². The van der Waals surface area contributed by atoms with Crippen molar-refractivity contribution in [3.8, 4) is 17.0 Å². The standard InChI is InChI=1S/C28H29F2N7O3/c1-3-17-10-18(4-5-19(17)28(39)34-12-16-14-36(15-16)23(38)11-31)35-26-27-33-13-21(37(27)9-8-32-26)20-6-7-22(40-2)25(30)24(20)29/h4-10,13,16H,3,11-12,14-15,31H2,1-2H3,(H,32,35)(H,34,39). The van der Waals surface area contributed by atoms with Crippen LogP contribution in [0.1, 0.15) is 22.8 Å². The Kier molecular flexibility index (Phi) is 7.60. The summed E-state index contributed by atoms with van der Waals surface area (Å²) in [6.07, 6.45) is 5.21. The Labute approximate surface area is 229 Å². The molecule has 3 heterocycles. The summed E-state index contributed by atoms with van der Waals surface area (Å²) in [5.41, 5.74) is 8.27. The van der Waals surface area contributed by atoms with E-state index in [1.54, 1.807) is 27.6 Å². The third-order valence-electron chi connectivity index (χ3n) is 7.00. The topological polar surface area (TPSA) is 127 Å². The first-order valence-electron chi connectivity index (χ1n) is 12.8. The van der Waals surface area contributed by atoms with Crippen LogP contribution in [0.15, 0.2) is 48.9 Å². The van der Waals surface area contributed by atoms with E-state index in [2.05, 4.69) is 20.6 Å². The summed E-state index contributed by atoms with van der Waals surface area (Å²) in [6.45, 7) is 3.61. The molecule has 1 aliphatic rings. The van der Waals surface area contributed by atoms with Crippen LogP contribution in [0, 0.1) is 17.6 Å². The lowest BCUT2D eigenvalue weighted by Crippen LogP contribution is -2.55. The Bertz CT molecular complexity index is 1580. The zero-order valence-electron chi connectivity index (χ0n) is 22.1. The fraction of sp³-hybridized carbons (Fsp3) is 0.286. The Morgan fingerprint density at radius 1 is 1.15 bits per heavy atom. The summed E-state index contributed by atoms with van der Waals surface area (Å²) in [6, 6.07) is 8.18. The number of imidazole rings is 1. The summed E-state index contributed by atoms with van der Waals surface area (Å²) < 4.78 is 35.6.